The predicted molar refractivity (Wildman–Crippen MR) is 177 cm³/mol. The quantitative estimate of drug-likeness (QED) is 0.197. The number of carbonyl (C=O) groups is 2. The molecule has 45 heavy (non-hydrogen) atoms. The third-order valence-corrected chi connectivity index (χ3v) is 8.32. The molecule has 9 heteroatoms. The zero-order chi connectivity index (χ0) is 31.2. The smallest absolute Gasteiger partial charge is 0.228 e. The van der Waals surface area contributed by atoms with Crippen molar-refractivity contribution >= 4 is 34.2 Å². The van der Waals surface area contributed by atoms with E-state index in [0.717, 1.165) is 60.5 Å². The van der Waals surface area contributed by atoms with Crippen molar-refractivity contribution in [1.82, 2.24) is 19.7 Å². The van der Waals surface area contributed by atoms with Crippen LogP contribution in [0.25, 0.3) is 16.7 Å². The molecule has 3 aromatic carbocycles. The van der Waals surface area contributed by atoms with Gasteiger partial charge in [-0.3, -0.25) is 14.2 Å². The van der Waals surface area contributed by atoms with Crippen LogP contribution in [0.2, 0.25) is 0 Å². The summed E-state index contributed by atoms with van der Waals surface area (Å²) in [6.07, 6.45) is 4.01. The number of hydrogen-bond donors (Lipinski definition) is 1. The molecule has 5 aromatic rings. The van der Waals surface area contributed by atoms with E-state index in [1.807, 2.05) is 121 Å². The molecule has 1 saturated heterocycles. The predicted octanol–water partition coefficient (Wildman–Crippen LogP) is 6.48. The Morgan fingerprint density at radius 1 is 0.867 bits per heavy atom. The highest BCUT2D eigenvalue weighted by molar-refractivity contribution is 5.96. The Kier molecular flexibility index (Phi) is 9.05. The van der Waals surface area contributed by atoms with E-state index in [-0.39, 0.29) is 24.2 Å². The number of ether oxygens (including phenoxy) is 1. The van der Waals surface area contributed by atoms with Gasteiger partial charge in [0.15, 0.2) is 11.6 Å². The van der Waals surface area contributed by atoms with Crippen LogP contribution in [0.5, 0.6) is 11.5 Å². The molecule has 0 aliphatic carbocycles. The monoisotopic (exact) mass is 602 g/mol. The number of amides is 2. The summed E-state index contributed by atoms with van der Waals surface area (Å²) in [7, 11) is 0. The second kappa shape index (κ2) is 13.6. The summed E-state index contributed by atoms with van der Waals surface area (Å²) >= 11 is 0. The van der Waals surface area contributed by atoms with Crippen LogP contribution < -0.4 is 15.0 Å². The van der Waals surface area contributed by atoms with Crippen molar-refractivity contribution < 1.29 is 14.3 Å². The molecule has 230 valence electrons. The van der Waals surface area contributed by atoms with Crippen molar-refractivity contribution in [3.63, 3.8) is 0 Å². The lowest BCUT2D eigenvalue weighted by molar-refractivity contribution is -0.135. The van der Waals surface area contributed by atoms with Gasteiger partial charge in [0.05, 0.1) is 17.9 Å². The SMILES string of the molecule is CCN(CC)C(=O)C1CCCN(c2ccc(-n3cc(CC(=O)Nc4ccc(Oc5ccccc5)cc4)c4ccccc43)nn2)C1. The molecule has 1 fully saturated rings. The lowest BCUT2D eigenvalue weighted by Crippen LogP contribution is -2.45. The maximum atomic E-state index is 13.1. The molecule has 2 aromatic heterocycles. The van der Waals surface area contributed by atoms with Gasteiger partial charge < -0.3 is 19.9 Å². The van der Waals surface area contributed by atoms with Crippen LogP contribution >= 0.6 is 0 Å². The van der Waals surface area contributed by atoms with Crippen molar-refractivity contribution in [2.45, 2.75) is 33.1 Å². The number of benzene rings is 3. The van der Waals surface area contributed by atoms with E-state index >= 15 is 0 Å². The van der Waals surface area contributed by atoms with Gasteiger partial charge in [-0.15, -0.1) is 10.2 Å². The number of carbonyl (C=O) groups excluding carboxylic acids is 2. The zero-order valence-corrected chi connectivity index (χ0v) is 25.7. The lowest BCUT2D eigenvalue weighted by atomic mass is 9.96. The summed E-state index contributed by atoms with van der Waals surface area (Å²) in [6, 6.07) is 28.8. The highest BCUT2D eigenvalue weighted by Gasteiger charge is 2.29. The zero-order valence-electron chi connectivity index (χ0n) is 25.7. The summed E-state index contributed by atoms with van der Waals surface area (Å²) in [4.78, 5) is 30.2. The van der Waals surface area contributed by atoms with Crippen molar-refractivity contribution in [3.05, 3.63) is 103 Å². The topological polar surface area (TPSA) is 92.6 Å². The number of nitrogens with one attached hydrogen (secondary N) is 1. The highest BCUT2D eigenvalue weighted by Crippen LogP contribution is 2.28. The molecule has 0 radical (unpaired) electrons. The largest absolute Gasteiger partial charge is 0.457 e. The molecule has 1 aliphatic heterocycles. The second-order valence-electron chi connectivity index (χ2n) is 11.3. The number of aromatic nitrogens is 3. The number of anilines is 2. The summed E-state index contributed by atoms with van der Waals surface area (Å²) < 4.78 is 7.83. The fourth-order valence-electron chi connectivity index (χ4n) is 5.99. The fourth-order valence-corrected chi connectivity index (χ4v) is 5.99. The maximum absolute atomic E-state index is 13.1. The Balaban J connectivity index is 1.14. The number of para-hydroxylation sites is 2. The van der Waals surface area contributed by atoms with Crippen molar-refractivity contribution in [2.24, 2.45) is 5.92 Å². The van der Waals surface area contributed by atoms with Crippen LogP contribution in [0.3, 0.4) is 0 Å². The molecule has 9 nitrogen and oxygen atoms in total. The summed E-state index contributed by atoms with van der Waals surface area (Å²) in [5.74, 6) is 2.97. The summed E-state index contributed by atoms with van der Waals surface area (Å²) in [5.41, 5.74) is 2.55. The van der Waals surface area contributed by atoms with Crippen LogP contribution in [-0.4, -0.2) is 57.7 Å². The van der Waals surface area contributed by atoms with E-state index in [4.69, 9.17) is 4.74 Å². The summed E-state index contributed by atoms with van der Waals surface area (Å²) in [6.45, 7) is 7.01. The van der Waals surface area contributed by atoms with Crippen LogP contribution in [-0.2, 0) is 16.0 Å². The minimum Gasteiger partial charge on any atom is -0.457 e. The number of piperidine rings is 1. The van der Waals surface area contributed by atoms with Crippen molar-refractivity contribution in [2.75, 3.05) is 36.4 Å². The molecular formula is C36H38N6O3. The molecule has 2 amide bonds. The summed E-state index contributed by atoms with van der Waals surface area (Å²) in [5, 5.41) is 13.1. The van der Waals surface area contributed by atoms with E-state index in [2.05, 4.69) is 20.4 Å². The fraction of sp³-hybridized carbons (Fsp3) is 0.278. The number of fused-ring (bicyclic) bond motifs is 1. The first-order chi connectivity index (χ1) is 22.0. The first kappa shape index (κ1) is 29.9. The number of hydrogen-bond acceptors (Lipinski definition) is 6. The minimum atomic E-state index is -0.116. The molecule has 0 saturated carbocycles. The Labute approximate surface area is 263 Å². The molecule has 1 atom stereocenters. The number of nitrogens with zero attached hydrogens (tertiary/aromatic N) is 5. The molecular weight excluding hydrogens is 564 g/mol. The Bertz CT molecular complexity index is 1750. The Hall–Kier alpha value is -5.18. The first-order valence-electron chi connectivity index (χ1n) is 15.6. The van der Waals surface area contributed by atoms with Crippen LogP contribution in [0.15, 0.2) is 97.2 Å². The Morgan fingerprint density at radius 3 is 2.29 bits per heavy atom. The third kappa shape index (κ3) is 6.82. The molecule has 3 heterocycles. The highest BCUT2D eigenvalue weighted by atomic mass is 16.5. The van der Waals surface area contributed by atoms with Gasteiger partial charge >= 0.3 is 0 Å². The van der Waals surface area contributed by atoms with Gasteiger partial charge in [-0.05, 0) is 86.8 Å². The minimum absolute atomic E-state index is 0.0252. The maximum Gasteiger partial charge on any atom is 0.228 e. The van der Waals surface area contributed by atoms with Gasteiger partial charge in [-0.25, -0.2) is 0 Å². The van der Waals surface area contributed by atoms with Crippen LogP contribution in [0.4, 0.5) is 11.5 Å². The molecule has 1 N–H and O–H groups in total. The average molecular weight is 603 g/mol. The standard InChI is InChI=1S/C36H38N6O3/c1-3-40(4-2)36(44)26-11-10-22-41(24-26)33-20-21-34(39-38-33)42-25-27(31-14-8-9-15-32(31)42)23-35(43)37-28-16-18-30(19-17-28)45-29-12-6-5-7-13-29/h5-9,12-21,25-26H,3-4,10-11,22-24H2,1-2H3,(H,37,43). The Morgan fingerprint density at radius 2 is 1.56 bits per heavy atom. The van der Waals surface area contributed by atoms with E-state index < -0.39 is 0 Å². The van der Waals surface area contributed by atoms with Gasteiger partial charge in [-0.2, -0.15) is 0 Å². The van der Waals surface area contributed by atoms with Crippen LogP contribution in [0.1, 0.15) is 32.3 Å². The van der Waals surface area contributed by atoms with E-state index in [1.165, 1.54) is 0 Å². The van der Waals surface area contributed by atoms with E-state index in [0.29, 0.717) is 23.8 Å². The first-order valence-corrected chi connectivity index (χ1v) is 15.6. The van der Waals surface area contributed by atoms with Gasteiger partial charge in [0.2, 0.25) is 11.8 Å². The van der Waals surface area contributed by atoms with Gasteiger partial charge in [0, 0.05) is 43.4 Å². The van der Waals surface area contributed by atoms with Gasteiger partial charge in [-0.1, -0.05) is 36.4 Å². The normalized spacial score (nSPS) is 14.7. The molecule has 0 bridgehead atoms. The van der Waals surface area contributed by atoms with Crippen molar-refractivity contribution in [3.8, 4) is 17.3 Å². The van der Waals surface area contributed by atoms with E-state index in [1.54, 1.807) is 0 Å². The van der Waals surface area contributed by atoms with Crippen LogP contribution in [0, 0.1) is 5.92 Å². The van der Waals surface area contributed by atoms with Gasteiger partial charge in [0.1, 0.15) is 11.5 Å². The lowest BCUT2D eigenvalue weighted by Gasteiger charge is -2.34. The molecule has 6 rings (SSSR count). The van der Waals surface area contributed by atoms with E-state index in [9.17, 15) is 9.59 Å². The second-order valence-corrected chi connectivity index (χ2v) is 11.3. The number of rotatable bonds is 10. The van der Waals surface area contributed by atoms with Crippen molar-refractivity contribution in [1.29, 1.82) is 0 Å². The average Bonchev–Trinajstić information content (AvgIpc) is 3.44. The van der Waals surface area contributed by atoms with Gasteiger partial charge in [0.25, 0.3) is 0 Å². The third-order valence-electron chi connectivity index (χ3n) is 8.32. The molecule has 1 unspecified atom stereocenters. The molecule has 1 aliphatic rings. The molecule has 0 spiro atoms.